The second-order valence-corrected chi connectivity index (χ2v) is 3.35. The second-order valence-electron chi connectivity index (χ2n) is 3.35. The molecule has 0 aromatic heterocycles. The van der Waals surface area contributed by atoms with Gasteiger partial charge in [0.05, 0.1) is 6.10 Å². The van der Waals surface area contributed by atoms with E-state index in [2.05, 4.69) is 0 Å². The number of rotatable bonds is 4. The summed E-state index contributed by atoms with van der Waals surface area (Å²) in [6.07, 6.45) is 1.20. The van der Waals surface area contributed by atoms with E-state index in [1.165, 1.54) is 0 Å². The summed E-state index contributed by atoms with van der Waals surface area (Å²) in [7, 11) is 1.67. The van der Waals surface area contributed by atoms with Crippen LogP contribution in [0, 0.1) is 0 Å². The van der Waals surface area contributed by atoms with E-state index in [1.807, 2.05) is 4.90 Å². The van der Waals surface area contributed by atoms with Crippen molar-refractivity contribution in [1.29, 1.82) is 0 Å². The highest BCUT2D eigenvalue weighted by molar-refractivity contribution is 5.73. The molecule has 13 heavy (non-hydrogen) atoms. The molecule has 0 radical (unpaired) electrons. The van der Waals surface area contributed by atoms with Crippen LogP contribution in [0.3, 0.4) is 0 Å². The lowest BCUT2D eigenvalue weighted by molar-refractivity contribution is -0.138. The van der Waals surface area contributed by atoms with Crippen molar-refractivity contribution in [3.05, 3.63) is 0 Å². The molecule has 0 aromatic rings. The molecule has 1 aliphatic rings. The fourth-order valence-corrected chi connectivity index (χ4v) is 1.51. The molecule has 0 saturated carbocycles. The fraction of sp³-hybridized carbons (Fsp3) is 0.875. The number of likely N-dealkylation sites (tertiary alicyclic amines) is 1. The molecule has 1 heterocycles. The van der Waals surface area contributed by atoms with Crippen molar-refractivity contribution in [3.8, 4) is 0 Å². The van der Waals surface area contributed by atoms with Gasteiger partial charge in [0.2, 0.25) is 0 Å². The monoisotopic (exact) mass is 188 g/mol. The number of carboxylic acid groups (broad SMARTS) is 1. The number of nitrogens with zero attached hydrogens (tertiary/aromatic N) is 1. The van der Waals surface area contributed by atoms with Gasteiger partial charge in [-0.1, -0.05) is 0 Å². The highest BCUT2D eigenvalue weighted by Crippen LogP contribution is 2.11. The molecule has 0 aliphatic carbocycles. The van der Waals surface area contributed by atoms with Gasteiger partial charge < -0.3 is 15.6 Å². The molecule has 2 unspecified atom stereocenters. The highest BCUT2D eigenvalue weighted by Gasteiger charge is 2.25. The van der Waals surface area contributed by atoms with Crippen LogP contribution in [0.25, 0.3) is 0 Å². The van der Waals surface area contributed by atoms with E-state index in [1.54, 1.807) is 7.11 Å². The van der Waals surface area contributed by atoms with Crippen molar-refractivity contribution in [3.63, 3.8) is 0 Å². The molecule has 0 aromatic carbocycles. The third kappa shape index (κ3) is 2.95. The Hall–Kier alpha value is -0.650. The Morgan fingerprint density at radius 3 is 3.00 bits per heavy atom. The van der Waals surface area contributed by atoms with Crippen molar-refractivity contribution in [1.82, 2.24) is 4.90 Å². The van der Waals surface area contributed by atoms with Crippen molar-refractivity contribution in [2.45, 2.75) is 18.6 Å². The maximum Gasteiger partial charge on any atom is 0.321 e. The molecule has 2 atom stereocenters. The number of carboxylic acids is 1. The predicted octanol–water partition coefficient (Wildman–Crippen LogP) is -0.881. The Labute approximate surface area is 77.5 Å². The quantitative estimate of drug-likeness (QED) is 0.599. The van der Waals surface area contributed by atoms with E-state index < -0.39 is 12.0 Å². The molecule has 76 valence electrons. The van der Waals surface area contributed by atoms with Crippen molar-refractivity contribution >= 4 is 5.97 Å². The molecule has 0 bridgehead atoms. The Morgan fingerprint density at radius 1 is 1.85 bits per heavy atom. The second kappa shape index (κ2) is 4.55. The summed E-state index contributed by atoms with van der Waals surface area (Å²) in [5, 5.41) is 8.58. The molecule has 5 nitrogen and oxygen atoms in total. The summed E-state index contributed by atoms with van der Waals surface area (Å²) in [6, 6.07) is -0.782. The van der Waals surface area contributed by atoms with Crippen molar-refractivity contribution < 1.29 is 14.6 Å². The van der Waals surface area contributed by atoms with Crippen LogP contribution >= 0.6 is 0 Å². The first-order chi connectivity index (χ1) is 6.13. The third-order valence-electron chi connectivity index (χ3n) is 2.33. The lowest BCUT2D eigenvalue weighted by Gasteiger charge is -2.17. The average Bonchev–Trinajstić information content (AvgIpc) is 2.52. The van der Waals surface area contributed by atoms with Gasteiger partial charge in [-0.3, -0.25) is 9.69 Å². The number of nitrogens with two attached hydrogens (primary N) is 1. The summed E-state index contributed by atoms with van der Waals surface area (Å²) in [4.78, 5) is 12.5. The van der Waals surface area contributed by atoms with Gasteiger partial charge in [0.25, 0.3) is 0 Å². The molecule has 1 saturated heterocycles. The van der Waals surface area contributed by atoms with Gasteiger partial charge in [0, 0.05) is 26.7 Å². The van der Waals surface area contributed by atoms with Gasteiger partial charge >= 0.3 is 5.97 Å². The van der Waals surface area contributed by atoms with Gasteiger partial charge in [-0.05, 0) is 6.42 Å². The number of hydrogen-bond donors (Lipinski definition) is 2. The van der Waals surface area contributed by atoms with E-state index in [4.69, 9.17) is 15.6 Å². The number of methoxy groups -OCH3 is 1. The maximum atomic E-state index is 10.5. The molecule has 1 aliphatic heterocycles. The number of ether oxygens (including phenoxy) is 1. The molecular weight excluding hydrogens is 172 g/mol. The van der Waals surface area contributed by atoms with Crippen molar-refractivity contribution in [2.24, 2.45) is 5.73 Å². The summed E-state index contributed by atoms with van der Waals surface area (Å²) >= 11 is 0. The average molecular weight is 188 g/mol. The van der Waals surface area contributed by atoms with Crippen LogP contribution in [0.2, 0.25) is 0 Å². The van der Waals surface area contributed by atoms with Gasteiger partial charge in [-0.25, -0.2) is 0 Å². The Balaban J connectivity index is 2.27. The first-order valence-corrected chi connectivity index (χ1v) is 4.37. The van der Waals surface area contributed by atoms with Crippen LogP contribution in [-0.4, -0.2) is 54.9 Å². The van der Waals surface area contributed by atoms with Crippen LogP contribution in [0.4, 0.5) is 0 Å². The zero-order chi connectivity index (χ0) is 9.84. The minimum absolute atomic E-state index is 0.237. The molecule has 1 fully saturated rings. The van der Waals surface area contributed by atoms with E-state index in [9.17, 15) is 4.79 Å². The lowest BCUT2D eigenvalue weighted by atomic mass is 10.3. The smallest absolute Gasteiger partial charge is 0.321 e. The Morgan fingerprint density at radius 2 is 2.54 bits per heavy atom. The summed E-state index contributed by atoms with van der Waals surface area (Å²) in [5.41, 5.74) is 5.40. The molecular formula is C8H16N2O3. The van der Waals surface area contributed by atoms with E-state index in [0.717, 1.165) is 19.5 Å². The van der Waals surface area contributed by atoms with Crippen LogP contribution in [0.15, 0.2) is 0 Å². The standard InChI is InChI=1S/C8H16N2O3/c1-13-6-2-3-10(4-6)5-7(9)8(11)12/h6-7H,2-5,9H2,1H3,(H,11,12). The van der Waals surface area contributed by atoms with Crippen LogP contribution in [-0.2, 0) is 9.53 Å². The van der Waals surface area contributed by atoms with Gasteiger partial charge in [-0.2, -0.15) is 0 Å². The van der Waals surface area contributed by atoms with Crippen LogP contribution < -0.4 is 5.73 Å². The van der Waals surface area contributed by atoms with E-state index in [0.29, 0.717) is 6.54 Å². The molecule has 1 rings (SSSR count). The number of aliphatic carboxylic acids is 1. The predicted molar refractivity (Wildman–Crippen MR) is 47.5 cm³/mol. The van der Waals surface area contributed by atoms with Crippen molar-refractivity contribution in [2.75, 3.05) is 26.7 Å². The summed E-state index contributed by atoms with van der Waals surface area (Å²) < 4.78 is 5.15. The third-order valence-corrected chi connectivity index (χ3v) is 2.33. The SMILES string of the molecule is COC1CCN(CC(N)C(=O)O)C1. The zero-order valence-electron chi connectivity index (χ0n) is 7.77. The topological polar surface area (TPSA) is 75.8 Å². The van der Waals surface area contributed by atoms with Gasteiger partial charge in [0.15, 0.2) is 0 Å². The largest absolute Gasteiger partial charge is 0.480 e. The van der Waals surface area contributed by atoms with E-state index >= 15 is 0 Å². The minimum Gasteiger partial charge on any atom is -0.480 e. The molecule has 3 N–H and O–H groups in total. The van der Waals surface area contributed by atoms with Gasteiger partial charge in [0.1, 0.15) is 6.04 Å². The molecule has 0 spiro atoms. The molecule has 5 heteroatoms. The van der Waals surface area contributed by atoms with Gasteiger partial charge in [-0.15, -0.1) is 0 Å². The summed E-state index contributed by atoms with van der Waals surface area (Å²) in [5.74, 6) is -0.944. The maximum absolute atomic E-state index is 10.5. The Bertz CT molecular complexity index is 186. The van der Waals surface area contributed by atoms with Crippen LogP contribution in [0.1, 0.15) is 6.42 Å². The minimum atomic E-state index is -0.944. The lowest BCUT2D eigenvalue weighted by Crippen LogP contribution is -2.42. The number of carbonyl (C=O) groups is 1. The zero-order valence-corrected chi connectivity index (χ0v) is 7.77. The molecule has 0 amide bonds. The fourth-order valence-electron chi connectivity index (χ4n) is 1.51. The normalized spacial score (nSPS) is 26.2. The first-order valence-electron chi connectivity index (χ1n) is 4.37. The van der Waals surface area contributed by atoms with Crippen LogP contribution in [0.5, 0.6) is 0 Å². The summed E-state index contributed by atoms with van der Waals surface area (Å²) in [6.45, 7) is 2.08. The first kappa shape index (κ1) is 10.4. The number of hydrogen-bond acceptors (Lipinski definition) is 4. The highest BCUT2D eigenvalue weighted by atomic mass is 16.5. The van der Waals surface area contributed by atoms with E-state index in [-0.39, 0.29) is 6.10 Å². The Kier molecular flexibility index (Phi) is 3.65.